The van der Waals surface area contributed by atoms with Gasteiger partial charge in [-0.2, -0.15) is 0 Å². The molecule has 0 fully saturated rings. The predicted octanol–water partition coefficient (Wildman–Crippen LogP) is 4.27. The third-order valence-electron chi connectivity index (χ3n) is 1.79. The van der Waals surface area contributed by atoms with E-state index in [0.29, 0.717) is 0 Å². The number of benzene rings is 1. The number of aromatic nitrogens is 1. The Morgan fingerprint density at radius 3 is 2.92 bits per heavy atom. The lowest BCUT2D eigenvalue weighted by Crippen LogP contribution is -1.75. The largest absolute Gasteiger partial charge is 0.240 e. The van der Waals surface area contributed by atoms with Crippen LogP contribution in [0.4, 0.5) is 0 Å². The second kappa shape index (κ2) is 3.56. The zero-order valence-corrected chi connectivity index (χ0v) is 10.1. The number of halogens is 2. The van der Waals surface area contributed by atoms with Gasteiger partial charge in [0, 0.05) is 4.47 Å². The summed E-state index contributed by atoms with van der Waals surface area (Å²) in [5.74, 6) is 0. The zero-order chi connectivity index (χ0) is 9.42. The Hall–Kier alpha value is -0.120. The van der Waals surface area contributed by atoms with Crippen LogP contribution in [0.15, 0.2) is 16.6 Å². The lowest BCUT2D eigenvalue weighted by atomic mass is 10.3. The number of rotatable bonds is 1. The Bertz CT molecular complexity index is 413. The van der Waals surface area contributed by atoms with E-state index >= 15 is 0 Å². The summed E-state index contributed by atoms with van der Waals surface area (Å²) in [5, 5.41) is 1.92. The minimum absolute atomic E-state index is 0.787. The van der Waals surface area contributed by atoms with Crippen LogP contribution in [0.1, 0.15) is 11.9 Å². The van der Waals surface area contributed by atoms with Crippen molar-refractivity contribution < 1.29 is 0 Å². The molecule has 13 heavy (non-hydrogen) atoms. The monoisotopic (exact) mass is 275 g/mol. The van der Waals surface area contributed by atoms with Crippen molar-refractivity contribution in [3.05, 3.63) is 26.6 Å². The van der Waals surface area contributed by atoms with Crippen molar-refractivity contribution in [3.63, 3.8) is 0 Å². The zero-order valence-electron chi connectivity index (χ0n) is 6.97. The van der Waals surface area contributed by atoms with Crippen LogP contribution < -0.4 is 0 Å². The summed E-state index contributed by atoms with van der Waals surface area (Å²) in [5.41, 5.74) is 0.981. The van der Waals surface area contributed by atoms with Gasteiger partial charge in [-0.1, -0.05) is 18.5 Å². The second-order valence-corrected chi connectivity index (χ2v) is 5.01. The van der Waals surface area contributed by atoms with Gasteiger partial charge in [-0.15, -0.1) is 11.3 Å². The highest BCUT2D eigenvalue weighted by Gasteiger charge is 2.08. The number of thiazole rings is 1. The number of fused-ring (bicyclic) bond motifs is 1. The Kier molecular flexibility index (Phi) is 2.58. The molecule has 0 saturated heterocycles. The number of hydrogen-bond donors (Lipinski definition) is 0. The van der Waals surface area contributed by atoms with Crippen molar-refractivity contribution in [2.24, 2.45) is 0 Å². The molecule has 1 aromatic carbocycles. The van der Waals surface area contributed by atoms with Crippen LogP contribution in [0, 0.1) is 0 Å². The molecular weight excluding hydrogens is 270 g/mol. The summed E-state index contributed by atoms with van der Waals surface area (Å²) in [6, 6.07) is 3.83. The van der Waals surface area contributed by atoms with Crippen molar-refractivity contribution >= 4 is 49.1 Å². The van der Waals surface area contributed by atoms with E-state index in [0.717, 1.165) is 31.1 Å². The molecule has 1 aromatic heterocycles. The Balaban J connectivity index is 2.80. The van der Waals surface area contributed by atoms with E-state index in [1.54, 1.807) is 11.3 Å². The molecule has 0 amide bonds. The third kappa shape index (κ3) is 1.60. The standard InChI is InChI=1S/C9H7BrClNS/c1-2-7-12-8-5(10)3-4-6(11)9(8)13-7/h3-4H,2H2,1H3. The summed E-state index contributed by atoms with van der Waals surface area (Å²) < 4.78 is 2.09. The van der Waals surface area contributed by atoms with E-state index in [1.165, 1.54) is 0 Å². The average molecular weight is 277 g/mol. The molecule has 0 spiro atoms. The first-order valence-corrected chi connectivity index (χ1v) is 5.94. The SMILES string of the molecule is CCc1nc2c(Br)ccc(Cl)c2s1. The molecule has 0 aliphatic rings. The number of aryl methyl sites for hydroxylation is 1. The summed E-state index contributed by atoms with van der Waals surface area (Å²) in [7, 11) is 0. The first-order valence-electron chi connectivity index (χ1n) is 3.95. The van der Waals surface area contributed by atoms with Crippen LogP contribution in [0.5, 0.6) is 0 Å². The summed E-state index contributed by atoms with van der Waals surface area (Å²) in [6.45, 7) is 2.10. The minimum atomic E-state index is 0.787. The van der Waals surface area contributed by atoms with Gasteiger partial charge in [0.25, 0.3) is 0 Å². The highest BCUT2D eigenvalue weighted by atomic mass is 79.9. The van der Waals surface area contributed by atoms with Crippen molar-refractivity contribution in [2.75, 3.05) is 0 Å². The lowest BCUT2D eigenvalue weighted by Gasteiger charge is -1.93. The van der Waals surface area contributed by atoms with Crippen LogP contribution in [-0.4, -0.2) is 4.98 Å². The molecule has 68 valence electrons. The van der Waals surface area contributed by atoms with Gasteiger partial charge < -0.3 is 0 Å². The lowest BCUT2D eigenvalue weighted by molar-refractivity contribution is 1.11. The molecule has 0 radical (unpaired) electrons. The molecule has 4 heteroatoms. The van der Waals surface area contributed by atoms with Crippen molar-refractivity contribution in [2.45, 2.75) is 13.3 Å². The molecular formula is C9H7BrClNS. The van der Waals surface area contributed by atoms with E-state index in [4.69, 9.17) is 11.6 Å². The molecule has 1 nitrogen and oxygen atoms in total. The first kappa shape index (κ1) is 9.44. The molecule has 0 saturated carbocycles. The maximum absolute atomic E-state index is 6.05. The van der Waals surface area contributed by atoms with E-state index in [1.807, 2.05) is 12.1 Å². The van der Waals surface area contributed by atoms with Gasteiger partial charge in [-0.05, 0) is 34.5 Å². The van der Waals surface area contributed by atoms with Crippen LogP contribution in [-0.2, 0) is 6.42 Å². The third-order valence-corrected chi connectivity index (χ3v) is 4.09. The fourth-order valence-corrected chi connectivity index (χ4v) is 2.89. The molecule has 0 aliphatic carbocycles. The maximum atomic E-state index is 6.05. The van der Waals surface area contributed by atoms with Gasteiger partial charge >= 0.3 is 0 Å². The van der Waals surface area contributed by atoms with Crippen molar-refractivity contribution in [3.8, 4) is 0 Å². The van der Waals surface area contributed by atoms with Gasteiger partial charge in [-0.3, -0.25) is 0 Å². The highest BCUT2D eigenvalue weighted by molar-refractivity contribution is 9.10. The molecule has 0 bridgehead atoms. The number of nitrogens with zero attached hydrogens (tertiary/aromatic N) is 1. The normalized spacial score (nSPS) is 11.0. The van der Waals surface area contributed by atoms with Gasteiger partial charge in [0.2, 0.25) is 0 Å². The van der Waals surface area contributed by atoms with Gasteiger partial charge in [0.05, 0.1) is 20.2 Å². The Labute approximate surface area is 93.9 Å². The van der Waals surface area contributed by atoms with E-state index in [2.05, 4.69) is 27.8 Å². The fraction of sp³-hybridized carbons (Fsp3) is 0.222. The summed E-state index contributed by atoms with van der Waals surface area (Å²) >= 11 is 11.2. The molecule has 2 rings (SSSR count). The van der Waals surface area contributed by atoms with Gasteiger partial charge in [0.1, 0.15) is 0 Å². The maximum Gasteiger partial charge on any atom is 0.0972 e. The van der Waals surface area contributed by atoms with Crippen LogP contribution in [0.2, 0.25) is 5.02 Å². The smallest absolute Gasteiger partial charge is 0.0972 e. The molecule has 0 aliphatic heterocycles. The molecule has 1 heterocycles. The van der Waals surface area contributed by atoms with Crippen molar-refractivity contribution in [1.82, 2.24) is 4.98 Å². The topological polar surface area (TPSA) is 12.9 Å². The molecule has 0 unspecified atom stereocenters. The summed E-state index contributed by atoms with van der Waals surface area (Å²) in [4.78, 5) is 4.48. The van der Waals surface area contributed by atoms with E-state index in [-0.39, 0.29) is 0 Å². The highest BCUT2D eigenvalue weighted by Crippen LogP contribution is 2.34. The Morgan fingerprint density at radius 1 is 1.54 bits per heavy atom. The molecule has 2 aromatic rings. The van der Waals surface area contributed by atoms with Gasteiger partial charge in [-0.25, -0.2) is 4.98 Å². The van der Waals surface area contributed by atoms with E-state index < -0.39 is 0 Å². The van der Waals surface area contributed by atoms with Crippen LogP contribution >= 0.6 is 38.9 Å². The fourth-order valence-electron chi connectivity index (χ4n) is 1.14. The van der Waals surface area contributed by atoms with Crippen LogP contribution in [0.25, 0.3) is 10.2 Å². The quantitative estimate of drug-likeness (QED) is 0.758. The van der Waals surface area contributed by atoms with Crippen LogP contribution in [0.3, 0.4) is 0 Å². The molecule has 0 N–H and O–H groups in total. The summed E-state index contributed by atoms with van der Waals surface area (Å²) in [6.07, 6.45) is 0.960. The second-order valence-electron chi connectivity index (χ2n) is 2.67. The predicted molar refractivity (Wildman–Crippen MR) is 61.7 cm³/mol. The van der Waals surface area contributed by atoms with E-state index in [9.17, 15) is 0 Å². The number of hydrogen-bond acceptors (Lipinski definition) is 2. The Morgan fingerprint density at radius 2 is 2.31 bits per heavy atom. The minimum Gasteiger partial charge on any atom is -0.240 e. The average Bonchev–Trinajstić information content (AvgIpc) is 2.56. The molecule has 0 atom stereocenters. The van der Waals surface area contributed by atoms with Gasteiger partial charge in [0.15, 0.2) is 0 Å². The van der Waals surface area contributed by atoms with Crippen molar-refractivity contribution in [1.29, 1.82) is 0 Å². The first-order chi connectivity index (χ1) is 6.22.